The molecule has 2 heterocycles. The fraction of sp³-hybridized carbons (Fsp3) is 0.182. The molecule has 0 N–H and O–H groups in total. The zero-order chi connectivity index (χ0) is 22.0. The molecule has 0 saturated carbocycles. The number of halogens is 1. The van der Waals surface area contributed by atoms with Gasteiger partial charge in [0.05, 0.1) is 5.69 Å². The molecule has 0 spiro atoms. The lowest BCUT2D eigenvalue weighted by Gasteiger charge is -2.09. The monoisotopic (exact) mass is 440 g/mol. The Kier molecular flexibility index (Phi) is 5.73. The number of rotatable bonds is 6. The highest BCUT2D eigenvalue weighted by molar-refractivity contribution is 6.30. The summed E-state index contributed by atoms with van der Waals surface area (Å²) in [5.74, 6) is -0.935. The lowest BCUT2D eigenvalue weighted by molar-refractivity contribution is -0.150. The van der Waals surface area contributed by atoms with Gasteiger partial charge >= 0.3 is 11.9 Å². The van der Waals surface area contributed by atoms with Crippen LogP contribution in [-0.2, 0) is 25.5 Å². The predicted molar refractivity (Wildman–Crippen MR) is 113 cm³/mol. The van der Waals surface area contributed by atoms with Gasteiger partial charge in [-0.15, -0.1) is 0 Å². The van der Waals surface area contributed by atoms with Crippen molar-refractivity contribution in [2.75, 3.05) is 13.2 Å². The molecule has 0 radical (unpaired) electrons. The van der Waals surface area contributed by atoms with Crippen LogP contribution in [0.1, 0.15) is 12.7 Å². The van der Waals surface area contributed by atoms with Gasteiger partial charge in [-0.25, -0.2) is 0 Å². The van der Waals surface area contributed by atoms with Gasteiger partial charge in [0.15, 0.2) is 0 Å². The summed E-state index contributed by atoms with van der Waals surface area (Å²) >= 11 is 5.95. The second kappa shape index (κ2) is 8.61. The third kappa shape index (κ3) is 4.29. The van der Waals surface area contributed by atoms with Crippen LogP contribution in [0.3, 0.4) is 0 Å². The molecule has 158 valence electrons. The van der Waals surface area contributed by atoms with Crippen LogP contribution in [0.15, 0.2) is 57.7 Å². The van der Waals surface area contributed by atoms with Crippen molar-refractivity contribution in [2.45, 2.75) is 13.3 Å². The molecular weight excluding hydrogens is 424 g/mol. The lowest BCUT2D eigenvalue weighted by atomic mass is 10.1. The van der Waals surface area contributed by atoms with Gasteiger partial charge < -0.3 is 13.9 Å². The van der Waals surface area contributed by atoms with Crippen LogP contribution in [0, 0.1) is 0 Å². The van der Waals surface area contributed by atoms with Crippen molar-refractivity contribution in [3.8, 4) is 16.9 Å². The molecule has 9 heteroatoms. The summed E-state index contributed by atoms with van der Waals surface area (Å²) in [5, 5.41) is 5.67. The van der Waals surface area contributed by atoms with Gasteiger partial charge in [-0.05, 0) is 36.4 Å². The summed E-state index contributed by atoms with van der Waals surface area (Å²) in [6.07, 6.45) is -0.275. The first-order valence-electron chi connectivity index (χ1n) is 9.42. The molecule has 0 saturated heterocycles. The molecule has 0 fully saturated rings. The summed E-state index contributed by atoms with van der Waals surface area (Å²) < 4.78 is 16.9. The number of esters is 2. The van der Waals surface area contributed by atoms with Gasteiger partial charge in [-0.1, -0.05) is 23.7 Å². The number of ether oxygens (including phenoxy) is 2. The number of hydrogen-bond donors (Lipinski definition) is 0. The van der Waals surface area contributed by atoms with E-state index >= 15 is 0 Å². The molecule has 0 unspecified atom stereocenters. The van der Waals surface area contributed by atoms with E-state index in [0.717, 1.165) is 0 Å². The molecule has 8 nitrogen and oxygen atoms in total. The van der Waals surface area contributed by atoms with E-state index in [4.69, 9.17) is 25.5 Å². The third-order valence-electron chi connectivity index (χ3n) is 4.53. The normalized spacial score (nSPS) is 11.0. The highest BCUT2D eigenvalue weighted by Gasteiger charge is 2.26. The first-order valence-corrected chi connectivity index (χ1v) is 9.80. The Morgan fingerprint density at radius 1 is 1.06 bits per heavy atom. The van der Waals surface area contributed by atoms with Gasteiger partial charge in [0.25, 0.3) is 5.56 Å². The molecular formula is C22H17ClN2O6. The summed E-state index contributed by atoms with van der Waals surface area (Å²) in [7, 11) is 0. The zero-order valence-corrected chi connectivity index (χ0v) is 17.2. The van der Waals surface area contributed by atoms with E-state index in [1.54, 1.807) is 42.5 Å². The first kappa shape index (κ1) is 20.6. The van der Waals surface area contributed by atoms with Crippen molar-refractivity contribution in [3.05, 3.63) is 69.7 Å². The Morgan fingerprint density at radius 2 is 1.77 bits per heavy atom. The number of para-hydroxylation sites is 1. The molecule has 0 atom stereocenters. The number of benzene rings is 2. The lowest BCUT2D eigenvalue weighted by Crippen LogP contribution is -2.18. The number of nitrogens with zero attached hydrogens (tertiary/aromatic N) is 2. The van der Waals surface area contributed by atoms with Crippen molar-refractivity contribution in [2.24, 2.45) is 0 Å². The van der Waals surface area contributed by atoms with Crippen molar-refractivity contribution in [1.29, 1.82) is 0 Å². The summed E-state index contributed by atoms with van der Waals surface area (Å²) in [5.41, 5.74) is 1.22. The standard InChI is InChI=1S/C22H17ClN2O6/c1-13(26)29-10-11-30-19(27)12-18-20-21(16-4-2-3-5-17(16)31-18)24-25(22(20)28)15-8-6-14(23)7-9-15/h2-9H,10-12H2,1H3. The van der Waals surface area contributed by atoms with Crippen LogP contribution < -0.4 is 5.56 Å². The molecule has 2 aliphatic rings. The molecule has 4 rings (SSSR count). The third-order valence-corrected chi connectivity index (χ3v) is 4.78. The van der Waals surface area contributed by atoms with Gasteiger partial charge in [0.2, 0.25) is 0 Å². The summed E-state index contributed by atoms with van der Waals surface area (Å²) in [6.45, 7) is 1.12. The van der Waals surface area contributed by atoms with Crippen molar-refractivity contribution < 1.29 is 23.5 Å². The Bertz CT molecular complexity index is 1290. The molecule has 0 bridgehead atoms. The van der Waals surface area contributed by atoms with Crippen LogP contribution in [0.5, 0.6) is 0 Å². The molecule has 0 aromatic heterocycles. The van der Waals surface area contributed by atoms with Crippen molar-refractivity contribution >= 4 is 34.5 Å². The molecule has 31 heavy (non-hydrogen) atoms. The molecule has 0 amide bonds. The Balaban J connectivity index is 1.74. The Labute approximate surface area is 181 Å². The van der Waals surface area contributed by atoms with E-state index < -0.39 is 17.5 Å². The predicted octanol–water partition coefficient (Wildman–Crippen LogP) is 3.39. The summed E-state index contributed by atoms with van der Waals surface area (Å²) in [6, 6.07) is 13.8. The maximum atomic E-state index is 13.2. The van der Waals surface area contributed by atoms with E-state index in [1.165, 1.54) is 11.6 Å². The number of carbonyl (C=O) groups is 2. The van der Waals surface area contributed by atoms with E-state index in [9.17, 15) is 14.4 Å². The highest BCUT2D eigenvalue weighted by Crippen LogP contribution is 2.32. The minimum absolute atomic E-state index is 0.0490. The molecule has 0 aliphatic carbocycles. The number of carbonyl (C=O) groups excluding carboxylic acids is 2. The van der Waals surface area contributed by atoms with Gasteiger partial charge in [-0.2, -0.15) is 9.78 Å². The zero-order valence-electron chi connectivity index (χ0n) is 16.5. The minimum atomic E-state index is -0.619. The fourth-order valence-electron chi connectivity index (χ4n) is 3.18. The maximum Gasteiger partial charge on any atom is 0.313 e. The van der Waals surface area contributed by atoms with Gasteiger partial charge in [0.1, 0.15) is 42.2 Å². The largest absolute Gasteiger partial charge is 0.462 e. The number of hydrogen-bond acceptors (Lipinski definition) is 7. The van der Waals surface area contributed by atoms with E-state index in [-0.39, 0.29) is 31.0 Å². The van der Waals surface area contributed by atoms with Crippen LogP contribution in [0.25, 0.3) is 27.9 Å². The van der Waals surface area contributed by atoms with Crippen molar-refractivity contribution in [1.82, 2.24) is 9.78 Å². The molecule has 2 aromatic carbocycles. The topological polar surface area (TPSA) is 101 Å². The fourth-order valence-corrected chi connectivity index (χ4v) is 3.31. The average Bonchev–Trinajstić information content (AvgIpc) is 3.10. The highest BCUT2D eigenvalue weighted by atomic mass is 35.5. The van der Waals surface area contributed by atoms with Crippen molar-refractivity contribution in [3.63, 3.8) is 0 Å². The van der Waals surface area contributed by atoms with Crippen LogP contribution in [0.2, 0.25) is 5.02 Å². The van der Waals surface area contributed by atoms with Gasteiger partial charge in [-0.3, -0.25) is 14.4 Å². The maximum absolute atomic E-state index is 13.2. The smallest absolute Gasteiger partial charge is 0.313 e. The van der Waals surface area contributed by atoms with Crippen LogP contribution in [-0.4, -0.2) is 34.9 Å². The van der Waals surface area contributed by atoms with Crippen LogP contribution >= 0.6 is 11.6 Å². The Morgan fingerprint density at radius 3 is 2.52 bits per heavy atom. The van der Waals surface area contributed by atoms with E-state index in [0.29, 0.717) is 27.4 Å². The van der Waals surface area contributed by atoms with E-state index in [1.807, 2.05) is 6.07 Å². The Hall–Kier alpha value is -3.65. The molecule has 2 aromatic rings. The second-order valence-electron chi connectivity index (χ2n) is 6.68. The number of fused-ring (bicyclic) bond motifs is 3. The average molecular weight is 441 g/mol. The SMILES string of the molecule is CC(=O)OCCOC(=O)Cc1oc2ccccc2c2nn(-c3ccc(Cl)cc3)c(=O)c1-2. The van der Waals surface area contributed by atoms with Gasteiger partial charge in [0, 0.05) is 17.3 Å². The van der Waals surface area contributed by atoms with E-state index in [2.05, 4.69) is 5.10 Å². The number of aromatic nitrogens is 2. The van der Waals surface area contributed by atoms with Crippen LogP contribution in [0.4, 0.5) is 0 Å². The quantitative estimate of drug-likeness (QED) is 0.334. The second-order valence-corrected chi connectivity index (χ2v) is 7.11. The molecule has 2 aliphatic heterocycles. The first-order chi connectivity index (χ1) is 14.9. The minimum Gasteiger partial charge on any atom is -0.462 e. The summed E-state index contributed by atoms with van der Waals surface area (Å²) in [4.78, 5) is 36.3.